The highest BCUT2D eigenvalue weighted by atomic mass is 16.5. The van der Waals surface area contributed by atoms with Gasteiger partial charge in [-0.1, -0.05) is 36.4 Å². The lowest BCUT2D eigenvalue weighted by molar-refractivity contribution is -0.120. The van der Waals surface area contributed by atoms with Crippen LogP contribution in [0.5, 0.6) is 5.75 Å². The number of carbonyl (C=O) groups excluding carboxylic acids is 2. The van der Waals surface area contributed by atoms with Crippen LogP contribution in [-0.2, 0) is 11.3 Å². The average Bonchev–Trinajstić information content (AvgIpc) is 3.48. The van der Waals surface area contributed by atoms with E-state index in [0.29, 0.717) is 37.2 Å². The van der Waals surface area contributed by atoms with Crippen LogP contribution >= 0.6 is 0 Å². The Morgan fingerprint density at radius 3 is 2.51 bits per heavy atom. The number of ether oxygens (including phenoxy) is 1. The number of aryl methyl sites for hydroxylation is 1. The summed E-state index contributed by atoms with van der Waals surface area (Å²) in [5.74, 6) is 2.41. The zero-order chi connectivity index (χ0) is 24.2. The van der Waals surface area contributed by atoms with Crippen molar-refractivity contribution in [2.75, 3.05) is 24.6 Å². The first-order valence-corrected chi connectivity index (χ1v) is 12.5. The van der Waals surface area contributed by atoms with Crippen molar-refractivity contribution >= 4 is 17.6 Å². The minimum absolute atomic E-state index is 0.0109. The Kier molecular flexibility index (Phi) is 6.84. The van der Waals surface area contributed by atoms with Gasteiger partial charge >= 0.3 is 0 Å². The molecule has 1 saturated carbocycles. The molecule has 2 aromatic carbocycles. The van der Waals surface area contributed by atoms with Crippen molar-refractivity contribution in [1.29, 1.82) is 0 Å². The van der Waals surface area contributed by atoms with E-state index < -0.39 is 0 Å². The Bertz CT molecular complexity index is 1180. The fourth-order valence-electron chi connectivity index (χ4n) is 5.13. The molecule has 35 heavy (non-hydrogen) atoms. The number of carbonyl (C=O) groups is 2. The third-order valence-electron chi connectivity index (χ3n) is 7.20. The summed E-state index contributed by atoms with van der Waals surface area (Å²) in [7, 11) is 0. The molecule has 182 valence electrons. The molecule has 1 N–H and O–H groups in total. The van der Waals surface area contributed by atoms with Gasteiger partial charge in [0.1, 0.15) is 11.6 Å². The standard InChI is InChI=1S/C28H32N4O3/c1-20-7-5-6-10-24(20)28(34)29-18-21-11-13-22(14-12-21)25-17-26-31(15-16-32(26)30-25)27(33)19-35-23-8-3-2-4-9-23/h2-10,17,21-22H,11-16,18-19H2,1H3,(H,29,34). The van der Waals surface area contributed by atoms with E-state index in [1.54, 1.807) is 4.90 Å². The van der Waals surface area contributed by atoms with Gasteiger partial charge in [0.15, 0.2) is 6.61 Å². The number of nitrogens with one attached hydrogen (secondary N) is 1. The summed E-state index contributed by atoms with van der Waals surface area (Å²) in [6, 6.07) is 19.2. The van der Waals surface area contributed by atoms with Gasteiger partial charge in [-0.2, -0.15) is 5.10 Å². The van der Waals surface area contributed by atoms with E-state index in [-0.39, 0.29) is 18.4 Å². The van der Waals surface area contributed by atoms with E-state index >= 15 is 0 Å². The summed E-state index contributed by atoms with van der Waals surface area (Å²) in [5.41, 5.74) is 2.83. The molecule has 1 aliphatic carbocycles. The number of amides is 2. The molecule has 1 fully saturated rings. The average molecular weight is 473 g/mol. The van der Waals surface area contributed by atoms with Gasteiger partial charge in [0, 0.05) is 30.6 Å². The number of aromatic nitrogens is 2. The second kappa shape index (κ2) is 10.3. The maximum Gasteiger partial charge on any atom is 0.266 e. The van der Waals surface area contributed by atoms with Crippen molar-refractivity contribution in [3.63, 3.8) is 0 Å². The van der Waals surface area contributed by atoms with Gasteiger partial charge in [-0.05, 0) is 62.3 Å². The molecule has 0 radical (unpaired) electrons. The minimum Gasteiger partial charge on any atom is -0.484 e. The zero-order valence-corrected chi connectivity index (χ0v) is 20.2. The summed E-state index contributed by atoms with van der Waals surface area (Å²) in [4.78, 5) is 27.1. The lowest BCUT2D eigenvalue weighted by atomic mass is 9.80. The number of hydrogen-bond donors (Lipinski definition) is 1. The lowest BCUT2D eigenvalue weighted by Crippen LogP contribution is -2.33. The Morgan fingerprint density at radius 1 is 1.00 bits per heavy atom. The molecule has 0 atom stereocenters. The predicted octanol–water partition coefficient (Wildman–Crippen LogP) is 4.32. The van der Waals surface area contributed by atoms with Crippen LogP contribution in [0, 0.1) is 12.8 Å². The van der Waals surface area contributed by atoms with Crippen molar-refractivity contribution in [1.82, 2.24) is 15.1 Å². The van der Waals surface area contributed by atoms with Crippen LogP contribution < -0.4 is 15.0 Å². The smallest absolute Gasteiger partial charge is 0.266 e. The van der Waals surface area contributed by atoms with Crippen LogP contribution in [0.15, 0.2) is 60.7 Å². The quantitative estimate of drug-likeness (QED) is 0.556. The second-order valence-electron chi connectivity index (χ2n) is 9.54. The van der Waals surface area contributed by atoms with E-state index in [4.69, 9.17) is 9.84 Å². The van der Waals surface area contributed by atoms with E-state index in [1.165, 1.54) is 0 Å². The summed E-state index contributed by atoms with van der Waals surface area (Å²) < 4.78 is 7.60. The maximum atomic E-state index is 12.8. The Morgan fingerprint density at radius 2 is 1.74 bits per heavy atom. The third kappa shape index (κ3) is 5.24. The first kappa shape index (κ1) is 23.1. The molecule has 0 unspecified atom stereocenters. The van der Waals surface area contributed by atoms with Crippen LogP contribution in [0.4, 0.5) is 5.82 Å². The molecular formula is C28H32N4O3. The number of anilines is 1. The number of benzene rings is 2. The molecule has 5 rings (SSSR count). The van der Waals surface area contributed by atoms with Crippen molar-refractivity contribution in [3.05, 3.63) is 77.5 Å². The highest BCUT2D eigenvalue weighted by molar-refractivity contribution is 5.95. The zero-order valence-electron chi connectivity index (χ0n) is 20.2. The summed E-state index contributed by atoms with van der Waals surface area (Å²) in [5, 5.41) is 7.95. The lowest BCUT2D eigenvalue weighted by Gasteiger charge is -2.27. The maximum absolute atomic E-state index is 12.8. The molecule has 2 aliphatic rings. The molecule has 7 nitrogen and oxygen atoms in total. The van der Waals surface area contributed by atoms with Gasteiger partial charge < -0.3 is 10.1 Å². The number of hydrogen-bond acceptors (Lipinski definition) is 4. The number of para-hydroxylation sites is 1. The fraction of sp³-hybridized carbons (Fsp3) is 0.393. The van der Waals surface area contributed by atoms with Crippen LogP contribution in [0.25, 0.3) is 0 Å². The van der Waals surface area contributed by atoms with Crippen molar-refractivity contribution in [3.8, 4) is 5.75 Å². The van der Waals surface area contributed by atoms with E-state index in [9.17, 15) is 9.59 Å². The molecule has 0 spiro atoms. The monoisotopic (exact) mass is 472 g/mol. The molecule has 2 heterocycles. The number of rotatable bonds is 7. The second-order valence-corrected chi connectivity index (χ2v) is 9.54. The van der Waals surface area contributed by atoms with E-state index in [2.05, 4.69) is 11.4 Å². The summed E-state index contributed by atoms with van der Waals surface area (Å²) in [6.07, 6.45) is 4.22. The SMILES string of the molecule is Cc1ccccc1C(=O)NCC1CCC(c2cc3n(n2)CCN3C(=O)COc2ccccc2)CC1. The van der Waals surface area contributed by atoms with E-state index in [0.717, 1.165) is 48.3 Å². The highest BCUT2D eigenvalue weighted by Gasteiger charge is 2.30. The molecular weight excluding hydrogens is 440 g/mol. The molecule has 0 bridgehead atoms. The molecule has 2 amide bonds. The minimum atomic E-state index is -0.0489. The molecule has 7 heteroatoms. The van der Waals surface area contributed by atoms with Crippen LogP contribution in [0.2, 0.25) is 0 Å². The van der Waals surface area contributed by atoms with Gasteiger partial charge in [0.05, 0.1) is 12.2 Å². The van der Waals surface area contributed by atoms with Crippen LogP contribution in [0.1, 0.15) is 53.2 Å². The molecule has 1 aromatic heterocycles. The van der Waals surface area contributed by atoms with Crippen molar-refractivity contribution in [2.24, 2.45) is 5.92 Å². The van der Waals surface area contributed by atoms with Crippen molar-refractivity contribution < 1.29 is 14.3 Å². The first-order chi connectivity index (χ1) is 17.1. The third-order valence-corrected chi connectivity index (χ3v) is 7.20. The molecule has 3 aromatic rings. The van der Waals surface area contributed by atoms with Gasteiger partial charge in [-0.25, -0.2) is 4.68 Å². The Labute approximate surface area is 206 Å². The van der Waals surface area contributed by atoms with Crippen molar-refractivity contribution in [2.45, 2.75) is 45.1 Å². The topological polar surface area (TPSA) is 76.5 Å². The predicted molar refractivity (Wildman–Crippen MR) is 135 cm³/mol. The Hall–Kier alpha value is -3.61. The number of nitrogens with zero attached hydrogens (tertiary/aromatic N) is 3. The van der Waals surface area contributed by atoms with Crippen LogP contribution in [-0.4, -0.2) is 41.3 Å². The van der Waals surface area contributed by atoms with Gasteiger partial charge in [0.25, 0.3) is 11.8 Å². The first-order valence-electron chi connectivity index (χ1n) is 12.5. The summed E-state index contributed by atoms with van der Waals surface area (Å²) in [6.45, 7) is 4.04. The van der Waals surface area contributed by atoms with E-state index in [1.807, 2.05) is 66.2 Å². The number of fused-ring (bicyclic) bond motifs is 1. The fourth-order valence-corrected chi connectivity index (χ4v) is 5.13. The van der Waals surface area contributed by atoms with Crippen LogP contribution in [0.3, 0.4) is 0 Å². The van der Waals surface area contributed by atoms with Gasteiger partial charge in [-0.3, -0.25) is 14.5 Å². The summed E-state index contributed by atoms with van der Waals surface area (Å²) >= 11 is 0. The Balaban J connectivity index is 1.12. The normalized spacial score (nSPS) is 19.3. The van der Waals surface area contributed by atoms with Gasteiger partial charge in [0.2, 0.25) is 0 Å². The molecule has 0 saturated heterocycles. The largest absolute Gasteiger partial charge is 0.484 e. The molecule has 1 aliphatic heterocycles. The van der Waals surface area contributed by atoms with Gasteiger partial charge in [-0.15, -0.1) is 0 Å². The highest BCUT2D eigenvalue weighted by Crippen LogP contribution is 2.37.